The highest BCUT2D eigenvalue weighted by Crippen LogP contribution is 2.36. The van der Waals surface area contributed by atoms with E-state index < -0.39 is 24.2 Å². The second-order valence-electron chi connectivity index (χ2n) is 7.49. The fourth-order valence-corrected chi connectivity index (χ4v) is 3.70. The van der Waals surface area contributed by atoms with E-state index in [1.807, 2.05) is 31.2 Å². The molecular weight excluding hydrogens is 436 g/mol. The standard InChI is InChI=1S/C26H28N2O6/c1-2-33-23(14-8-9-15-24(30)28-32)25(34-26(31)27-18-10-4-3-5-11-18)21-16-17-22(29)20-13-7-6-12-19(20)21/h3-7,9-13,15-17,23,25,29,32H,2,8,14H2,1H3,(H,27,31)(H,28,30)/b15-9+/t23-,25-/m1/s1. The van der Waals surface area contributed by atoms with Crippen LogP contribution in [0.4, 0.5) is 10.5 Å². The number of hydrogen-bond donors (Lipinski definition) is 4. The summed E-state index contributed by atoms with van der Waals surface area (Å²) < 4.78 is 11.9. The Balaban J connectivity index is 1.93. The number of hydrogen-bond acceptors (Lipinski definition) is 6. The molecule has 178 valence electrons. The highest BCUT2D eigenvalue weighted by molar-refractivity contribution is 5.91. The first-order chi connectivity index (χ1) is 16.5. The van der Waals surface area contributed by atoms with Crippen LogP contribution in [0.1, 0.15) is 31.4 Å². The minimum Gasteiger partial charge on any atom is -0.507 e. The fourth-order valence-electron chi connectivity index (χ4n) is 3.70. The molecule has 0 saturated carbocycles. The number of para-hydroxylation sites is 1. The number of phenols is 1. The number of aromatic hydroxyl groups is 1. The number of carbonyl (C=O) groups excluding carboxylic acids is 2. The van der Waals surface area contributed by atoms with Crippen molar-refractivity contribution in [2.24, 2.45) is 0 Å². The third-order valence-electron chi connectivity index (χ3n) is 5.21. The maximum Gasteiger partial charge on any atom is 0.412 e. The number of ether oxygens (including phenoxy) is 2. The molecule has 8 nitrogen and oxygen atoms in total. The molecule has 0 aromatic heterocycles. The lowest BCUT2D eigenvalue weighted by atomic mass is 9.94. The predicted octanol–water partition coefficient (Wildman–Crippen LogP) is 5.08. The zero-order valence-corrected chi connectivity index (χ0v) is 18.8. The molecule has 34 heavy (non-hydrogen) atoms. The number of anilines is 1. The van der Waals surface area contributed by atoms with E-state index in [2.05, 4.69) is 5.32 Å². The molecule has 0 spiro atoms. The van der Waals surface area contributed by atoms with Crippen molar-refractivity contribution in [1.29, 1.82) is 0 Å². The van der Waals surface area contributed by atoms with Gasteiger partial charge in [-0.15, -0.1) is 0 Å². The Hall–Kier alpha value is -3.88. The molecule has 0 unspecified atom stereocenters. The van der Waals surface area contributed by atoms with Gasteiger partial charge in [-0.3, -0.25) is 15.3 Å². The van der Waals surface area contributed by atoms with Crippen LogP contribution < -0.4 is 10.8 Å². The first-order valence-electron chi connectivity index (χ1n) is 11.0. The van der Waals surface area contributed by atoms with Crippen molar-refractivity contribution in [3.63, 3.8) is 0 Å². The summed E-state index contributed by atoms with van der Waals surface area (Å²) in [5.74, 6) is -0.509. The van der Waals surface area contributed by atoms with Gasteiger partial charge in [-0.25, -0.2) is 10.3 Å². The van der Waals surface area contributed by atoms with Gasteiger partial charge in [0, 0.05) is 29.3 Å². The maximum atomic E-state index is 12.8. The molecule has 0 radical (unpaired) electrons. The zero-order chi connectivity index (χ0) is 24.3. The summed E-state index contributed by atoms with van der Waals surface area (Å²) in [6, 6.07) is 19.6. The maximum absolute atomic E-state index is 12.8. The van der Waals surface area contributed by atoms with Crippen LogP contribution in [0.2, 0.25) is 0 Å². The average molecular weight is 465 g/mol. The number of allylic oxidation sites excluding steroid dienone is 1. The molecule has 0 fully saturated rings. The SMILES string of the molecule is CCO[C@H](CC/C=C/C(=O)NO)[C@H](OC(=O)Nc1ccccc1)c1ccc(O)c2ccccc12. The van der Waals surface area contributed by atoms with Crippen LogP contribution in [0.3, 0.4) is 0 Å². The molecule has 0 aliphatic carbocycles. The van der Waals surface area contributed by atoms with Crippen molar-refractivity contribution >= 4 is 28.5 Å². The van der Waals surface area contributed by atoms with Crippen LogP contribution in [0.5, 0.6) is 5.75 Å². The number of rotatable bonds is 10. The van der Waals surface area contributed by atoms with Gasteiger partial charge in [0.1, 0.15) is 5.75 Å². The van der Waals surface area contributed by atoms with Gasteiger partial charge >= 0.3 is 6.09 Å². The van der Waals surface area contributed by atoms with Gasteiger partial charge in [0.25, 0.3) is 5.91 Å². The monoisotopic (exact) mass is 464 g/mol. The summed E-state index contributed by atoms with van der Waals surface area (Å²) in [6.07, 6.45) is 1.71. The lowest BCUT2D eigenvalue weighted by Gasteiger charge is -2.28. The first-order valence-corrected chi connectivity index (χ1v) is 11.0. The molecule has 8 heteroatoms. The number of hydroxylamine groups is 1. The van der Waals surface area contributed by atoms with Crippen molar-refractivity contribution in [2.45, 2.75) is 32.0 Å². The van der Waals surface area contributed by atoms with Crippen molar-refractivity contribution in [2.75, 3.05) is 11.9 Å². The molecular formula is C26H28N2O6. The van der Waals surface area contributed by atoms with Gasteiger partial charge in [0.2, 0.25) is 0 Å². The van der Waals surface area contributed by atoms with Crippen LogP contribution in [-0.4, -0.2) is 35.0 Å². The Morgan fingerprint density at radius 3 is 2.41 bits per heavy atom. The zero-order valence-electron chi connectivity index (χ0n) is 18.8. The van der Waals surface area contributed by atoms with E-state index in [1.54, 1.807) is 54.0 Å². The molecule has 3 rings (SSSR count). The van der Waals surface area contributed by atoms with Crippen LogP contribution in [-0.2, 0) is 14.3 Å². The number of amides is 2. The smallest absolute Gasteiger partial charge is 0.412 e. The largest absolute Gasteiger partial charge is 0.507 e. The minimum absolute atomic E-state index is 0.123. The molecule has 0 bridgehead atoms. The van der Waals surface area contributed by atoms with E-state index >= 15 is 0 Å². The van der Waals surface area contributed by atoms with E-state index in [0.717, 1.165) is 5.39 Å². The number of phenolic OH excluding ortho intramolecular Hbond substituents is 1. The number of benzene rings is 3. The van der Waals surface area contributed by atoms with Crippen LogP contribution in [0.15, 0.2) is 78.9 Å². The van der Waals surface area contributed by atoms with Crippen molar-refractivity contribution in [3.8, 4) is 5.75 Å². The van der Waals surface area contributed by atoms with Crippen molar-refractivity contribution in [3.05, 3.63) is 84.4 Å². The second kappa shape index (κ2) is 12.4. The molecule has 0 heterocycles. The molecule has 2 amide bonds. The normalized spacial score (nSPS) is 12.9. The van der Waals surface area contributed by atoms with Crippen molar-refractivity contribution < 1.29 is 29.4 Å². The van der Waals surface area contributed by atoms with Gasteiger partial charge in [0.15, 0.2) is 6.10 Å². The highest BCUT2D eigenvalue weighted by Gasteiger charge is 2.29. The molecule has 0 aliphatic heterocycles. The van der Waals surface area contributed by atoms with E-state index in [0.29, 0.717) is 36.1 Å². The van der Waals surface area contributed by atoms with E-state index in [1.165, 1.54) is 6.08 Å². The topological polar surface area (TPSA) is 117 Å². The average Bonchev–Trinajstić information content (AvgIpc) is 2.85. The summed E-state index contributed by atoms with van der Waals surface area (Å²) >= 11 is 0. The third kappa shape index (κ3) is 6.57. The Morgan fingerprint density at radius 1 is 1.00 bits per heavy atom. The second-order valence-corrected chi connectivity index (χ2v) is 7.49. The summed E-state index contributed by atoms with van der Waals surface area (Å²) in [5, 5.41) is 23.1. The molecule has 4 N–H and O–H groups in total. The number of fused-ring (bicyclic) bond motifs is 1. The van der Waals surface area contributed by atoms with Gasteiger partial charge in [-0.05, 0) is 43.4 Å². The van der Waals surface area contributed by atoms with E-state index in [-0.39, 0.29) is 5.75 Å². The number of carbonyl (C=O) groups is 2. The molecule has 0 saturated heterocycles. The van der Waals surface area contributed by atoms with Gasteiger partial charge in [-0.2, -0.15) is 0 Å². The molecule has 2 atom stereocenters. The van der Waals surface area contributed by atoms with Crippen LogP contribution in [0.25, 0.3) is 10.8 Å². The summed E-state index contributed by atoms with van der Waals surface area (Å²) in [4.78, 5) is 24.1. The molecule has 3 aromatic carbocycles. The van der Waals surface area contributed by atoms with E-state index in [9.17, 15) is 14.7 Å². The Labute approximate surface area is 197 Å². The van der Waals surface area contributed by atoms with Gasteiger partial charge in [0.05, 0.1) is 6.10 Å². The Morgan fingerprint density at radius 2 is 1.71 bits per heavy atom. The summed E-state index contributed by atoms with van der Waals surface area (Å²) in [6.45, 7) is 2.22. The molecule has 3 aromatic rings. The quantitative estimate of drug-likeness (QED) is 0.189. The lowest BCUT2D eigenvalue weighted by Crippen LogP contribution is -2.29. The number of nitrogens with one attached hydrogen (secondary N) is 2. The first kappa shape index (κ1) is 24.8. The third-order valence-corrected chi connectivity index (χ3v) is 5.21. The summed E-state index contributed by atoms with van der Waals surface area (Å²) in [5.41, 5.74) is 2.82. The molecule has 0 aliphatic rings. The Kier molecular flexibility index (Phi) is 9.02. The van der Waals surface area contributed by atoms with Crippen LogP contribution >= 0.6 is 0 Å². The minimum atomic E-state index is -0.797. The van der Waals surface area contributed by atoms with Gasteiger partial charge in [-0.1, -0.05) is 54.6 Å². The summed E-state index contributed by atoms with van der Waals surface area (Å²) in [7, 11) is 0. The lowest BCUT2D eigenvalue weighted by molar-refractivity contribution is -0.124. The van der Waals surface area contributed by atoms with Gasteiger partial charge < -0.3 is 14.6 Å². The fraction of sp³-hybridized carbons (Fsp3) is 0.231. The highest BCUT2D eigenvalue weighted by atomic mass is 16.6. The van der Waals surface area contributed by atoms with E-state index in [4.69, 9.17) is 14.7 Å². The van der Waals surface area contributed by atoms with Crippen molar-refractivity contribution in [1.82, 2.24) is 5.48 Å². The predicted molar refractivity (Wildman–Crippen MR) is 129 cm³/mol. The van der Waals surface area contributed by atoms with Crippen LogP contribution in [0, 0.1) is 0 Å². The Bertz CT molecular complexity index is 1130.